The van der Waals surface area contributed by atoms with Crippen LogP contribution in [0.4, 0.5) is 0 Å². The van der Waals surface area contributed by atoms with Crippen molar-refractivity contribution in [2.24, 2.45) is 0 Å². The van der Waals surface area contributed by atoms with Crippen LogP contribution in [-0.2, 0) is 15.9 Å². The zero-order chi connectivity index (χ0) is 12.4. The van der Waals surface area contributed by atoms with Crippen molar-refractivity contribution in [1.29, 1.82) is 0 Å². The number of benzene rings is 1. The standard InChI is InChI=1S/C14H18O4/c1-2-12-13(17-8-10-6-15-10)4-3-5-14(12)18-9-11-7-16-11/h3-5,10-11H,2,6-9H2,1H3. The molecule has 2 atom stereocenters. The Morgan fingerprint density at radius 3 is 1.94 bits per heavy atom. The topological polar surface area (TPSA) is 43.5 Å². The molecule has 2 aliphatic heterocycles. The molecule has 2 fully saturated rings. The molecule has 3 rings (SSSR count). The lowest BCUT2D eigenvalue weighted by Crippen LogP contribution is -2.09. The monoisotopic (exact) mass is 250 g/mol. The molecule has 4 heteroatoms. The number of ether oxygens (including phenoxy) is 4. The molecule has 0 amide bonds. The molecular weight excluding hydrogens is 232 g/mol. The molecule has 0 spiro atoms. The summed E-state index contributed by atoms with van der Waals surface area (Å²) in [7, 11) is 0. The Morgan fingerprint density at radius 1 is 1.06 bits per heavy atom. The predicted molar refractivity (Wildman–Crippen MR) is 66.3 cm³/mol. The summed E-state index contributed by atoms with van der Waals surface area (Å²) in [4.78, 5) is 0. The van der Waals surface area contributed by atoms with Gasteiger partial charge in [-0.1, -0.05) is 13.0 Å². The van der Waals surface area contributed by atoms with Gasteiger partial charge in [-0.25, -0.2) is 0 Å². The molecular formula is C14H18O4. The van der Waals surface area contributed by atoms with Crippen LogP contribution in [-0.4, -0.2) is 38.6 Å². The first-order chi connectivity index (χ1) is 8.86. The first-order valence-corrected chi connectivity index (χ1v) is 6.47. The smallest absolute Gasteiger partial charge is 0.126 e. The fourth-order valence-corrected chi connectivity index (χ4v) is 1.86. The van der Waals surface area contributed by atoms with E-state index in [4.69, 9.17) is 18.9 Å². The maximum Gasteiger partial charge on any atom is 0.126 e. The summed E-state index contributed by atoms with van der Waals surface area (Å²) < 4.78 is 21.9. The zero-order valence-corrected chi connectivity index (χ0v) is 10.6. The molecule has 2 unspecified atom stereocenters. The average molecular weight is 250 g/mol. The number of epoxide rings is 2. The molecule has 2 aliphatic rings. The molecule has 4 nitrogen and oxygen atoms in total. The summed E-state index contributed by atoms with van der Waals surface area (Å²) in [6.07, 6.45) is 1.45. The number of hydrogen-bond acceptors (Lipinski definition) is 4. The molecule has 2 saturated heterocycles. The van der Waals surface area contributed by atoms with Crippen molar-refractivity contribution in [1.82, 2.24) is 0 Å². The Labute approximate surface area is 107 Å². The van der Waals surface area contributed by atoms with Crippen LogP contribution in [0.5, 0.6) is 11.5 Å². The maximum absolute atomic E-state index is 5.78. The van der Waals surface area contributed by atoms with E-state index >= 15 is 0 Å². The van der Waals surface area contributed by atoms with Crippen LogP contribution < -0.4 is 9.47 Å². The largest absolute Gasteiger partial charge is 0.490 e. The van der Waals surface area contributed by atoms with Gasteiger partial charge in [-0.2, -0.15) is 0 Å². The van der Waals surface area contributed by atoms with Crippen LogP contribution in [0, 0.1) is 0 Å². The molecule has 0 bridgehead atoms. The molecule has 1 aromatic rings. The summed E-state index contributed by atoms with van der Waals surface area (Å²) in [5.41, 5.74) is 1.12. The molecule has 0 saturated carbocycles. The van der Waals surface area contributed by atoms with Crippen molar-refractivity contribution in [2.45, 2.75) is 25.6 Å². The van der Waals surface area contributed by atoms with Gasteiger partial charge in [0.05, 0.1) is 13.2 Å². The first-order valence-electron chi connectivity index (χ1n) is 6.47. The summed E-state index contributed by atoms with van der Waals surface area (Å²) in [5, 5.41) is 0. The van der Waals surface area contributed by atoms with Gasteiger partial charge in [-0.15, -0.1) is 0 Å². The minimum Gasteiger partial charge on any atom is -0.490 e. The second-order valence-electron chi connectivity index (χ2n) is 4.62. The normalized spacial score (nSPS) is 24.7. The molecule has 2 heterocycles. The summed E-state index contributed by atoms with van der Waals surface area (Å²) >= 11 is 0. The third kappa shape index (κ3) is 2.94. The number of rotatable bonds is 7. The highest BCUT2D eigenvalue weighted by atomic mass is 16.6. The molecule has 0 radical (unpaired) electrons. The fraction of sp³-hybridized carbons (Fsp3) is 0.571. The van der Waals surface area contributed by atoms with Crippen LogP contribution in [0.1, 0.15) is 12.5 Å². The Kier molecular flexibility index (Phi) is 3.39. The van der Waals surface area contributed by atoms with E-state index in [0.29, 0.717) is 13.2 Å². The number of hydrogen-bond donors (Lipinski definition) is 0. The van der Waals surface area contributed by atoms with Crippen molar-refractivity contribution in [3.63, 3.8) is 0 Å². The Hall–Kier alpha value is -1.26. The Balaban J connectivity index is 1.67. The quantitative estimate of drug-likeness (QED) is 0.692. The highest BCUT2D eigenvalue weighted by Gasteiger charge is 2.25. The average Bonchev–Trinajstić information content (AvgIpc) is 3.28. The van der Waals surface area contributed by atoms with E-state index in [1.54, 1.807) is 0 Å². The molecule has 0 N–H and O–H groups in total. The SMILES string of the molecule is CCc1c(OCC2CO2)cccc1OCC1CO1. The minimum atomic E-state index is 0.277. The van der Waals surface area contributed by atoms with Gasteiger partial charge < -0.3 is 18.9 Å². The van der Waals surface area contributed by atoms with Gasteiger partial charge in [0.15, 0.2) is 0 Å². The van der Waals surface area contributed by atoms with Crippen LogP contribution in [0.2, 0.25) is 0 Å². The van der Waals surface area contributed by atoms with Gasteiger partial charge in [0.1, 0.15) is 36.9 Å². The molecule has 98 valence electrons. The molecule has 1 aromatic carbocycles. The lowest BCUT2D eigenvalue weighted by atomic mass is 10.1. The van der Waals surface area contributed by atoms with E-state index < -0.39 is 0 Å². The van der Waals surface area contributed by atoms with Gasteiger partial charge in [0.2, 0.25) is 0 Å². The van der Waals surface area contributed by atoms with E-state index in [1.165, 1.54) is 0 Å². The second-order valence-corrected chi connectivity index (χ2v) is 4.62. The highest BCUT2D eigenvalue weighted by Crippen LogP contribution is 2.30. The van der Waals surface area contributed by atoms with Crippen LogP contribution >= 0.6 is 0 Å². The van der Waals surface area contributed by atoms with Crippen molar-refractivity contribution >= 4 is 0 Å². The first kappa shape index (κ1) is 11.8. The molecule has 0 aliphatic carbocycles. The van der Waals surface area contributed by atoms with E-state index in [1.807, 2.05) is 18.2 Å². The van der Waals surface area contributed by atoms with Gasteiger partial charge >= 0.3 is 0 Å². The van der Waals surface area contributed by atoms with Gasteiger partial charge in [0, 0.05) is 5.56 Å². The Bertz CT molecular complexity index is 376. The van der Waals surface area contributed by atoms with E-state index in [-0.39, 0.29) is 12.2 Å². The van der Waals surface area contributed by atoms with Gasteiger partial charge in [-0.05, 0) is 18.6 Å². The van der Waals surface area contributed by atoms with Gasteiger partial charge in [-0.3, -0.25) is 0 Å². The third-order valence-corrected chi connectivity index (χ3v) is 3.10. The fourth-order valence-electron chi connectivity index (χ4n) is 1.86. The van der Waals surface area contributed by atoms with Crippen molar-refractivity contribution in [3.05, 3.63) is 23.8 Å². The summed E-state index contributed by atoms with van der Waals surface area (Å²) in [6, 6.07) is 5.94. The van der Waals surface area contributed by atoms with Crippen LogP contribution in [0.3, 0.4) is 0 Å². The van der Waals surface area contributed by atoms with Crippen molar-refractivity contribution in [3.8, 4) is 11.5 Å². The van der Waals surface area contributed by atoms with Crippen LogP contribution in [0.15, 0.2) is 18.2 Å². The lowest BCUT2D eigenvalue weighted by molar-refractivity contribution is 0.249. The van der Waals surface area contributed by atoms with Crippen molar-refractivity contribution in [2.75, 3.05) is 26.4 Å². The van der Waals surface area contributed by atoms with E-state index in [9.17, 15) is 0 Å². The van der Waals surface area contributed by atoms with E-state index in [0.717, 1.165) is 36.7 Å². The second kappa shape index (κ2) is 5.16. The third-order valence-electron chi connectivity index (χ3n) is 3.10. The lowest BCUT2D eigenvalue weighted by Gasteiger charge is -2.14. The van der Waals surface area contributed by atoms with Crippen LogP contribution in [0.25, 0.3) is 0 Å². The zero-order valence-electron chi connectivity index (χ0n) is 10.6. The van der Waals surface area contributed by atoms with E-state index in [2.05, 4.69) is 6.92 Å². The van der Waals surface area contributed by atoms with Gasteiger partial charge in [0.25, 0.3) is 0 Å². The predicted octanol–water partition coefficient (Wildman–Crippen LogP) is 1.80. The minimum absolute atomic E-state index is 0.277. The summed E-state index contributed by atoms with van der Waals surface area (Å²) in [6.45, 7) is 4.99. The molecule has 18 heavy (non-hydrogen) atoms. The highest BCUT2D eigenvalue weighted by molar-refractivity contribution is 5.44. The Morgan fingerprint density at radius 2 is 1.56 bits per heavy atom. The summed E-state index contributed by atoms with van der Waals surface area (Å²) in [5.74, 6) is 1.81. The molecule has 0 aromatic heterocycles. The van der Waals surface area contributed by atoms with Crippen molar-refractivity contribution < 1.29 is 18.9 Å². The maximum atomic E-state index is 5.78.